The summed E-state index contributed by atoms with van der Waals surface area (Å²) in [5.74, 6) is 0.829. The molecule has 0 unspecified atom stereocenters. The van der Waals surface area contributed by atoms with Gasteiger partial charge in [0.15, 0.2) is 5.03 Å². The van der Waals surface area contributed by atoms with E-state index in [1.807, 2.05) is 6.08 Å². The van der Waals surface area contributed by atoms with Crippen molar-refractivity contribution >= 4 is 28.3 Å². The Bertz CT molecular complexity index is 220. The van der Waals surface area contributed by atoms with Gasteiger partial charge in [0, 0.05) is 17.3 Å². The van der Waals surface area contributed by atoms with Crippen LogP contribution in [0.3, 0.4) is 0 Å². The molecule has 0 aliphatic rings. The van der Waals surface area contributed by atoms with Crippen LogP contribution in [0, 0.1) is 0 Å². The summed E-state index contributed by atoms with van der Waals surface area (Å²) in [4.78, 5) is 0. The standard InChI is InChI=1S/C5H7N3S2/c1-2-3-9-5-4(6)10-8-7-5/h2H,1,3,6H2. The topological polar surface area (TPSA) is 51.8 Å². The van der Waals surface area contributed by atoms with E-state index in [0.29, 0.717) is 5.00 Å². The van der Waals surface area contributed by atoms with E-state index < -0.39 is 0 Å². The van der Waals surface area contributed by atoms with Crippen molar-refractivity contribution in [1.29, 1.82) is 0 Å². The van der Waals surface area contributed by atoms with Crippen molar-refractivity contribution < 1.29 is 0 Å². The van der Waals surface area contributed by atoms with Crippen LogP contribution in [-0.4, -0.2) is 15.3 Å². The lowest BCUT2D eigenvalue weighted by Gasteiger charge is -1.89. The maximum absolute atomic E-state index is 5.52. The van der Waals surface area contributed by atoms with Gasteiger partial charge in [-0.25, -0.2) is 0 Å². The molecule has 0 saturated carbocycles. The first-order valence-corrected chi connectivity index (χ1v) is 4.42. The Morgan fingerprint density at radius 1 is 1.80 bits per heavy atom. The Labute approximate surface area is 67.5 Å². The van der Waals surface area contributed by atoms with Gasteiger partial charge in [0.05, 0.1) is 0 Å². The van der Waals surface area contributed by atoms with Crippen molar-refractivity contribution in [2.24, 2.45) is 0 Å². The summed E-state index contributed by atoms with van der Waals surface area (Å²) in [6.07, 6.45) is 1.81. The highest BCUT2D eigenvalue weighted by molar-refractivity contribution is 7.99. The average Bonchev–Trinajstić information content (AvgIpc) is 2.31. The maximum atomic E-state index is 5.52. The molecule has 54 valence electrons. The Balaban J connectivity index is 2.56. The summed E-state index contributed by atoms with van der Waals surface area (Å²) in [5, 5.41) is 5.31. The van der Waals surface area contributed by atoms with E-state index in [2.05, 4.69) is 16.2 Å². The highest BCUT2D eigenvalue weighted by Crippen LogP contribution is 2.24. The van der Waals surface area contributed by atoms with E-state index in [4.69, 9.17) is 5.73 Å². The predicted molar refractivity (Wildman–Crippen MR) is 45.2 cm³/mol. The number of aromatic nitrogens is 2. The smallest absolute Gasteiger partial charge is 0.155 e. The summed E-state index contributed by atoms with van der Waals surface area (Å²) in [5.41, 5.74) is 5.52. The van der Waals surface area contributed by atoms with Crippen LogP contribution in [0.1, 0.15) is 0 Å². The molecule has 5 heteroatoms. The Hall–Kier alpha value is -0.550. The fourth-order valence-corrected chi connectivity index (χ4v) is 1.61. The van der Waals surface area contributed by atoms with Crippen LogP contribution < -0.4 is 5.73 Å². The van der Waals surface area contributed by atoms with Gasteiger partial charge < -0.3 is 5.73 Å². The zero-order valence-electron chi connectivity index (χ0n) is 5.28. The Kier molecular flexibility index (Phi) is 2.70. The largest absolute Gasteiger partial charge is 0.387 e. The molecular formula is C5H7N3S2. The van der Waals surface area contributed by atoms with Gasteiger partial charge in [0.25, 0.3) is 0 Å². The van der Waals surface area contributed by atoms with Crippen molar-refractivity contribution in [3.8, 4) is 0 Å². The molecule has 2 N–H and O–H groups in total. The van der Waals surface area contributed by atoms with Gasteiger partial charge in [-0.15, -0.1) is 11.7 Å². The predicted octanol–water partition coefficient (Wildman–Crippen LogP) is 1.40. The normalized spacial score (nSPS) is 9.60. The number of nitrogens with zero attached hydrogens (tertiary/aromatic N) is 2. The van der Waals surface area contributed by atoms with Crippen LogP contribution in [0.4, 0.5) is 5.00 Å². The van der Waals surface area contributed by atoms with Gasteiger partial charge in [0.2, 0.25) is 0 Å². The van der Waals surface area contributed by atoms with Gasteiger partial charge in [-0.2, -0.15) is 0 Å². The van der Waals surface area contributed by atoms with Gasteiger partial charge in [0.1, 0.15) is 5.00 Å². The molecule has 10 heavy (non-hydrogen) atoms. The quantitative estimate of drug-likeness (QED) is 0.554. The number of thioether (sulfide) groups is 1. The first-order chi connectivity index (χ1) is 4.84. The van der Waals surface area contributed by atoms with E-state index in [1.54, 1.807) is 11.8 Å². The summed E-state index contributed by atoms with van der Waals surface area (Å²) in [7, 11) is 0. The zero-order chi connectivity index (χ0) is 7.40. The number of hydrogen-bond donors (Lipinski definition) is 1. The van der Waals surface area contributed by atoms with E-state index >= 15 is 0 Å². The third kappa shape index (κ3) is 1.71. The van der Waals surface area contributed by atoms with Gasteiger partial charge >= 0.3 is 0 Å². The SMILES string of the molecule is C=CCSc1nnsc1N. The summed E-state index contributed by atoms with van der Waals surface area (Å²) >= 11 is 2.76. The number of anilines is 1. The van der Waals surface area contributed by atoms with Gasteiger partial charge in [-0.1, -0.05) is 22.3 Å². The minimum absolute atomic E-state index is 0.687. The van der Waals surface area contributed by atoms with E-state index in [9.17, 15) is 0 Å². The third-order valence-electron chi connectivity index (χ3n) is 0.820. The second-order valence-corrected chi connectivity index (χ2v) is 3.34. The molecule has 3 nitrogen and oxygen atoms in total. The highest BCUT2D eigenvalue weighted by atomic mass is 32.2. The van der Waals surface area contributed by atoms with Crippen LogP contribution in [0.5, 0.6) is 0 Å². The first kappa shape index (κ1) is 7.56. The summed E-state index contributed by atoms with van der Waals surface area (Å²) in [6, 6.07) is 0. The number of nitrogen functional groups attached to an aromatic ring is 1. The van der Waals surface area contributed by atoms with Crippen LogP contribution in [0.15, 0.2) is 17.7 Å². The maximum Gasteiger partial charge on any atom is 0.155 e. The van der Waals surface area contributed by atoms with Crippen molar-refractivity contribution in [2.75, 3.05) is 11.5 Å². The van der Waals surface area contributed by atoms with E-state index in [-0.39, 0.29) is 0 Å². The molecule has 0 saturated heterocycles. The van der Waals surface area contributed by atoms with Crippen LogP contribution in [0.25, 0.3) is 0 Å². The number of hydrogen-bond acceptors (Lipinski definition) is 5. The van der Waals surface area contributed by atoms with E-state index in [0.717, 1.165) is 10.8 Å². The van der Waals surface area contributed by atoms with Crippen LogP contribution >= 0.6 is 23.3 Å². The molecule has 0 bridgehead atoms. The molecule has 1 heterocycles. The minimum atomic E-state index is 0.687. The molecule has 1 rings (SSSR count). The minimum Gasteiger partial charge on any atom is -0.387 e. The molecule has 0 aliphatic carbocycles. The summed E-state index contributed by atoms with van der Waals surface area (Å²) < 4.78 is 3.69. The molecule has 1 aromatic heterocycles. The van der Waals surface area contributed by atoms with Crippen molar-refractivity contribution in [2.45, 2.75) is 5.03 Å². The van der Waals surface area contributed by atoms with Crippen molar-refractivity contribution in [3.05, 3.63) is 12.7 Å². The monoisotopic (exact) mass is 173 g/mol. The number of rotatable bonds is 3. The molecular weight excluding hydrogens is 166 g/mol. The highest BCUT2D eigenvalue weighted by Gasteiger charge is 2.01. The first-order valence-electron chi connectivity index (χ1n) is 2.66. The lowest BCUT2D eigenvalue weighted by atomic mass is 10.8. The average molecular weight is 173 g/mol. The molecule has 0 aromatic carbocycles. The second kappa shape index (κ2) is 3.58. The Morgan fingerprint density at radius 3 is 3.10 bits per heavy atom. The molecule has 1 aromatic rings. The molecule has 0 spiro atoms. The molecule has 0 amide bonds. The van der Waals surface area contributed by atoms with Crippen molar-refractivity contribution in [1.82, 2.24) is 9.59 Å². The lowest BCUT2D eigenvalue weighted by Crippen LogP contribution is -1.82. The summed E-state index contributed by atoms with van der Waals surface area (Å²) in [6.45, 7) is 3.58. The lowest BCUT2D eigenvalue weighted by molar-refractivity contribution is 1.04. The van der Waals surface area contributed by atoms with E-state index in [1.165, 1.54) is 11.5 Å². The van der Waals surface area contributed by atoms with Crippen LogP contribution in [0.2, 0.25) is 0 Å². The molecule has 0 atom stereocenters. The van der Waals surface area contributed by atoms with Crippen molar-refractivity contribution in [3.63, 3.8) is 0 Å². The van der Waals surface area contributed by atoms with Gasteiger partial charge in [-0.05, 0) is 0 Å². The van der Waals surface area contributed by atoms with Gasteiger partial charge in [-0.3, -0.25) is 0 Å². The zero-order valence-corrected chi connectivity index (χ0v) is 6.91. The van der Waals surface area contributed by atoms with Crippen LogP contribution in [-0.2, 0) is 0 Å². The number of nitrogens with two attached hydrogens (primary N) is 1. The fraction of sp³-hybridized carbons (Fsp3) is 0.200. The third-order valence-corrected chi connectivity index (χ3v) is 2.48. The fourth-order valence-electron chi connectivity index (χ4n) is 0.428. The second-order valence-electron chi connectivity index (χ2n) is 1.54. The molecule has 0 fully saturated rings. The molecule has 0 aliphatic heterocycles. The Morgan fingerprint density at radius 2 is 2.60 bits per heavy atom. The molecule has 0 radical (unpaired) electrons.